The van der Waals surface area contributed by atoms with Crippen LogP contribution < -0.4 is 5.32 Å². The van der Waals surface area contributed by atoms with Crippen LogP contribution in [0.3, 0.4) is 0 Å². The first-order chi connectivity index (χ1) is 12.2. The molecule has 1 aromatic carbocycles. The average molecular weight is 356 g/mol. The zero-order valence-electron chi connectivity index (χ0n) is 14.1. The van der Waals surface area contributed by atoms with Crippen molar-refractivity contribution in [3.63, 3.8) is 0 Å². The first-order valence-electron chi connectivity index (χ1n) is 8.47. The molecule has 1 aliphatic heterocycles. The molecule has 3 aromatic rings. The summed E-state index contributed by atoms with van der Waals surface area (Å²) < 4.78 is 5.92. The molecule has 6 nitrogen and oxygen atoms in total. The standard InChI is InChI=1S/C18H20N4O2S/c1-12(23)19-18-20-14(11-25-18)10-22-8-6-13(7-9-22)17-21-15-4-2-3-5-16(15)24-17/h2-5,11,13H,6-10H2,1H3,(H,19,20,23). The number of carbonyl (C=O) groups excluding carboxylic acids is 1. The molecule has 1 amide bonds. The van der Waals surface area contributed by atoms with Crippen LogP contribution in [0.2, 0.25) is 0 Å². The second-order valence-corrected chi connectivity index (χ2v) is 7.25. The van der Waals surface area contributed by atoms with E-state index in [0.717, 1.165) is 55.2 Å². The number of anilines is 1. The second kappa shape index (κ2) is 6.93. The second-order valence-electron chi connectivity index (χ2n) is 6.40. The Morgan fingerprint density at radius 2 is 2.12 bits per heavy atom. The molecule has 2 aromatic heterocycles. The Balaban J connectivity index is 1.35. The van der Waals surface area contributed by atoms with Crippen molar-refractivity contribution in [3.8, 4) is 0 Å². The third-order valence-corrected chi connectivity index (χ3v) is 5.27. The van der Waals surface area contributed by atoms with Gasteiger partial charge in [-0.15, -0.1) is 11.3 Å². The van der Waals surface area contributed by atoms with Crippen molar-refractivity contribution >= 4 is 33.5 Å². The van der Waals surface area contributed by atoms with E-state index in [2.05, 4.69) is 20.2 Å². The lowest BCUT2D eigenvalue weighted by Crippen LogP contribution is -2.32. The van der Waals surface area contributed by atoms with Gasteiger partial charge in [0.2, 0.25) is 5.91 Å². The van der Waals surface area contributed by atoms with Crippen molar-refractivity contribution in [2.24, 2.45) is 0 Å². The number of piperidine rings is 1. The van der Waals surface area contributed by atoms with Gasteiger partial charge in [0.15, 0.2) is 16.6 Å². The van der Waals surface area contributed by atoms with Crippen LogP contribution in [0.4, 0.5) is 5.13 Å². The summed E-state index contributed by atoms with van der Waals surface area (Å²) in [4.78, 5) is 22.6. The van der Waals surface area contributed by atoms with E-state index in [1.54, 1.807) is 0 Å². The van der Waals surface area contributed by atoms with Gasteiger partial charge in [-0.25, -0.2) is 9.97 Å². The number of aromatic nitrogens is 2. The summed E-state index contributed by atoms with van der Waals surface area (Å²) >= 11 is 1.47. The van der Waals surface area contributed by atoms with Crippen LogP contribution in [-0.4, -0.2) is 33.9 Å². The smallest absolute Gasteiger partial charge is 0.223 e. The fraction of sp³-hybridized carbons (Fsp3) is 0.389. The van der Waals surface area contributed by atoms with Gasteiger partial charge in [-0.1, -0.05) is 12.1 Å². The summed E-state index contributed by atoms with van der Waals surface area (Å²) in [6.45, 7) is 4.31. The minimum absolute atomic E-state index is 0.0833. The Morgan fingerprint density at radius 1 is 1.32 bits per heavy atom. The van der Waals surface area contributed by atoms with Gasteiger partial charge < -0.3 is 9.73 Å². The number of likely N-dealkylation sites (tertiary alicyclic amines) is 1. The van der Waals surface area contributed by atoms with Crippen LogP contribution in [0.25, 0.3) is 11.1 Å². The van der Waals surface area contributed by atoms with E-state index in [9.17, 15) is 4.79 Å². The lowest BCUT2D eigenvalue weighted by Gasteiger charge is -2.29. The zero-order valence-corrected chi connectivity index (χ0v) is 14.9. The van der Waals surface area contributed by atoms with Crippen LogP contribution in [0.5, 0.6) is 0 Å². The normalized spacial score (nSPS) is 16.4. The predicted molar refractivity (Wildman–Crippen MR) is 97.7 cm³/mol. The quantitative estimate of drug-likeness (QED) is 0.773. The predicted octanol–water partition coefficient (Wildman–Crippen LogP) is 3.62. The van der Waals surface area contributed by atoms with E-state index < -0.39 is 0 Å². The van der Waals surface area contributed by atoms with Gasteiger partial charge in [-0.05, 0) is 38.1 Å². The van der Waals surface area contributed by atoms with Gasteiger partial charge in [0.1, 0.15) is 5.52 Å². The number of amides is 1. The summed E-state index contributed by atoms with van der Waals surface area (Å²) in [5.74, 6) is 1.16. The highest BCUT2D eigenvalue weighted by molar-refractivity contribution is 7.13. The number of rotatable bonds is 4. The summed E-state index contributed by atoms with van der Waals surface area (Å²) in [6.07, 6.45) is 2.07. The van der Waals surface area contributed by atoms with Crippen molar-refractivity contribution in [2.45, 2.75) is 32.2 Å². The van der Waals surface area contributed by atoms with Gasteiger partial charge in [0, 0.05) is 24.8 Å². The molecule has 0 radical (unpaired) electrons. The van der Waals surface area contributed by atoms with Gasteiger partial charge in [-0.3, -0.25) is 9.69 Å². The molecule has 25 heavy (non-hydrogen) atoms. The lowest BCUT2D eigenvalue weighted by atomic mass is 9.97. The molecule has 7 heteroatoms. The van der Waals surface area contributed by atoms with Gasteiger partial charge in [-0.2, -0.15) is 0 Å². The van der Waals surface area contributed by atoms with E-state index in [-0.39, 0.29) is 5.91 Å². The molecular formula is C18H20N4O2S. The highest BCUT2D eigenvalue weighted by Gasteiger charge is 2.25. The highest BCUT2D eigenvalue weighted by Crippen LogP contribution is 2.30. The fourth-order valence-electron chi connectivity index (χ4n) is 3.22. The Bertz CT molecular complexity index is 847. The van der Waals surface area contributed by atoms with Gasteiger partial charge in [0.05, 0.1) is 5.69 Å². The topological polar surface area (TPSA) is 71.3 Å². The maximum Gasteiger partial charge on any atom is 0.223 e. The summed E-state index contributed by atoms with van der Waals surface area (Å²) in [5.41, 5.74) is 2.81. The van der Waals surface area contributed by atoms with Crippen LogP contribution in [-0.2, 0) is 11.3 Å². The van der Waals surface area contributed by atoms with Crippen LogP contribution in [0.1, 0.15) is 37.3 Å². The largest absolute Gasteiger partial charge is 0.440 e. The number of oxazole rings is 1. The number of hydrogen-bond acceptors (Lipinski definition) is 6. The molecule has 130 valence electrons. The van der Waals surface area contributed by atoms with E-state index in [0.29, 0.717) is 11.0 Å². The molecule has 0 bridgehead atoms. The molecule has 0 spiro atoms. The maximum absolute atomic E-state index is 11.1. The first-order valence-corrected chi connectivity index (χ1v) is 9.35. The summed E-state index contributed by atoms with van der Waals surface area (Å²) in [7, 11) is 0. The van der Waals surface area contributed by atoms with E-state index in [4.69, 9.17) is 4.42 Å². The van der Waals surface area contributed by atoms with Crippen LogP contribution in [0, 0.1) is 0 Å². The highest BCUT2D eigenvalue weighted by atomic mass is 32.1. The third-order valence-electron chi connectivity index (χ3n) is 4.47. The minimum atomic E-state index is -0.0833. The average Bonchev–Trinajstić information content (AvgIpc) is 3.21. The SMILES string of the molecule is CC(=O)Nc1nc(CN2CCC(c3nc4ccccc4o3)CC2)cs1. The Morgan fingerprint density at radius 3 is 2.88 bits per heavy atom. The summed E-state index contributed by atoms with van der Waals surface area (Å²) in [5, 5.41) is 5.42. The molecule has 0 aliphatic carbocycles. The third kappa shape index (κ3) is 3.72. The van der Waals surface area contributed by atoms with Crippen molar-refractivity contribution < 1.29 is 9.21 Å². The summed E-state index contributed by atoms with van der Waals surface area (Å²) in [6, 6.07) is 7.92. The molecule has 3 heterocycles. The Kier molecular flexibility index (Phi) is 4.50. The van der Waals surface area contributed by atoms with Crippen molar-refractivity contribution in [3.05, 3.63) is 41.2 Å². The number of carbonyl (C=O) groups is 1. The molecule has 4 rings (SSSR count). The number of thiazole rings is 1. The van der Waals surface area contributed by atoms with Crippen molar-refractivity contribution in [1.29, 1.82) is 0 Å². The number of nitrogens with one attached hydrogen (secondary N) is 1. The number of nitrogens with zero attached hydrogens (tertiary/aromatic N) is 3. The van der Waals surface area contributed by atoms with Crippen molar-refractivity contribution in [2.75, 3.05) is 18.4 Å². The Hall–Kier alpha value is -2.25. The van der Waals surface area contributed by atoms with Crippen molar-refractivity contribution in [1.82, 2.24) is 14.9 Å². The fourth-order valence-corrected chi connectivity index (χ4v) is 3.97. The monoisotopic (exact) mass is 356 g/mol. The lowest BCUT2D eigenvalue weighted by molar-refractivity contribution is -0.114. The maximum atomic E-state index is 11.1. The van der Waals surface area contributed by atoms with Gasteiger partial charge >= 0.3 is 0 Å². The molecule has 0 saturated carbocycles. The van der Waals surface area contributed by atoms with Gasteiger partial charge in [0.25, 0.3) is 0 Å². The molecule has 1 saturated heterocycles. The van der Waals surface area contributed by atoms with E-state index >= 15 is 0 Å². The number of hydrogen-bond donors (Lipinski definition) is 1. The molecule has 0 atom stereocenters. The number of fused-ring (bicyclic) bond motifs is 1. The number of para-hydroxylation sites is 2. The first kappa shape index (κ1) is 16.2. The van der Waals surface area contributed by atoms with Crippen LogP contribution >= 0.6 is 11.3 Å². The van der Waals surface area contributed by atoms with E-state index in [1.165, 1.54) is 18.3 Å². The molecule has 0 unspecified atom stereocenters. The van der Waals surface area contributed by atoms with Crippen LogP contribution in [0.15, 0.2) is 34.1 Å². The molecular weight excluding hydrogens is 336 g/mol. The van der Waals surface area contributed by atoms with E-state index in [1.807, 2.05) is 29.6 Å². The molecule has 1 N–H and O–H groups in total. The minimum Gasteiger partial charge on any atom is -0.440 e. The zero-order chi connectivity index (χ0) is 17.2. The molecule has 1 aliphatic rings. The Labute approximate surface area is 149 Å². The molecule has 1 fully saturated rings. The number of benzene rings is 1.